The highest BCUT2D eigenvalue weighted by atomic mass is 35.5. The maximum absolute atomic E-state index is 14.7. The summed E-state index contributed by atoms with van der Waals surface area (Å²) in [5.41, 5.74) is 8.41. The molecule has 0 aliphatic heterocycles. The van der Waals surface area contributed by atoms with Crippen molar-refractivity contribution in [1.29, 1.82) is 0 Å². The minimum atomic E-state index is -1.50. The predicted octanol–water partition coefficient (Wildman–Crippen LogP) is 7.85. The standard InChI is InChI=1S/C65H89ClN10O13/c1-40(2)34-65(8,9)35-49(37-77)89-54(79)39-88-64(86)70-31-28-53(78)74-55(41(3)4)59(81)73-51(17-13-29-68-62(67)84)58(80)71-48-25-20-45(21-26-48)38-87-63(85)69-30-14-32-75(60(82)46-22-18-43(7)19-23-46)56(42(5)6)57-72-52-33-47(66)24-27-50(52)61(83)76(57)36-44-15-11-10-12-16-44/h10-12,15-16,18-27,33,40-42,49,51,54-56,77,79H,13-14,17,28-32,34-39H2,1-9H3,(H,69,85)(H,70,86)(H,71,80)(H,73,81)(H,74,78)(H3,67,68,84)/t49?,51-,54?,55-,56-/m1/s1. The molecule has 1 aromatic heterocycles. The van der Waals surface area contributed by atoms with Crippen molar-refractivity contribution in [3.63, 3.8) is 0 Å². The molecule has 0 spiro atoms. The van der Waals surface area contributed by atoms with E-state index in [4.69, 9.17) is 36.5 Å². The molecule has 24 heteroatoms. The van der Waals surface area contributed by atoms with Gasteiger partial charge in [-0.3, -0.25) is 28.5 Å². The number of amides is 8. The Morgan fingerprint density at radius 3 is 2.07 bits per heavy atom. The Labute approximate surface area is 525 Å². The number of alkyl carbamates (subject to hydrolysis) is 2. The number of nitrogens with two attached hydrogens (primary N) is 1. The number of aryl methyl sites for hydroxylation is 1. The third-order valence-electron chi connectivity index (χ3n) is 14.5. The first kappa shape index (κ1) is 71.6. The molecule has 23 nitrogen and oxygen atoms in total. The first-order valence-electron chi connectivity index (χ1n) is 30.1. The Balaban J connectivity index is 1.16. The summed E-state index contributed by atoms with van der Waals surface area (Å²) in [6.07, 6.45) is -2.13. The molecular weight excluding hydrogens is 1160 g/mol. The van der Waals surface area contributed by atoms with E-state index in [1.54, 1.807) is 77.9 Å². The first-order chi connectivity index (χ1) is 42.2. The van der Waals surface area contributed by atoms with Gasteiger partial charge in [0.15, 0.2) is 6.29 Å². The van der Waals surface area contributed by atoms with Crippen molar-refractivity contribution in [2.24, 2.45) is 28.9 Å². The zero-order valence-corrected chi connectivity index (χ0v) is 53.2. The van der Waals surface area contributed by atoms with Crippen LogP contribution >= 0.6 is 11.6 Å². The van der Waals surface area contributed by atoms with E-state index in [1.165, 1.54) is 0 Å². The molecule has 5 aromatic rings. The van der Waals surface area contributed by atoms with Gasteiger partial charge in [-0.15, -0.1) is 0 Å². The molecule has 0 aliphatic carbocycles. The van der Waals surface area contributed by atoms with Gasteiger partial charge in [-0.1, -0.05) is 127 Å². The highest BCUT2D eigenvalue weighted by molar-refractivity contribution is 6.31. The van der Waals surface area contributed by atoms with Gasteiger partial charge in [0, 0.05) is 48.9 Å². The van der Waals surface area contributed by atoms with Gasteiger partial charge in [-0.25, -0.2) is 19.4 Å². The molecule has 10 N–H and O–H groups in total. The number of nitrogens with one attached hydrogen (secondary N) is 6. The molecule has 0 saturated heterocycles. The topological polar surface area (TPSA) is 324 Å². The molecular formula is C65H89ClN10O13. The fraction of sp³-hybridized carbons (Fsp3) is 0.492. The van der Waals surface area contributed by atoms with E-state index in [2.05, 4.69) is 45.7 Å². The van der Waals surface area contributed by atoms with Crippen LogP contribution in [0.2, 0.25) is 5.02 Å². The van der Waals surface area contributed by atoms with Crippen molar-refractivity contribution in [2.45, 2.75) is 145 Å². The fourth-order valence-electron chi connectivity index (χ4n) is 10.5. The van der Waals surface area contributed by atoms with E-state index >= 15 is 0 Å². The van der Waals surface area contributed by atoms with Gasteiger partial charge in [0.25, 0.3) is 11.5 Å². The smallest absolute Gasteiger partial charge is 0.407 e. The SMILES string of the molecule is Cc1ccc(C(=O)N(CCCNC(=O)OCc2ccc(NC(=O)[C@@H](CCCNC(N)=O)NC(=O)[C@H](NC(=O)CCNC(=O)OCC(O)OC(CO)CC(C)(C)CC(C)C)C(C)C)cc2)[C@@H](c2nc3cc(Cl)ccc3c(=O)n2Cc2ccccc2)C(C)C)cc1. The minimum absolute atomic E-state index is 0.0635. The van der Waals surface area contributed by atoms with Crippen molar-refractivity contribution in [1.82, 2.24) is 41.0 Å². The number of aliphatic hydroxyl groups excluding tert-OH is 2. The van der Waals surface area contributed by atoms with E-state index in [9.17, 15) is 48.6 Å². The number of halogens is 1. The highest BCUT2D eigenvalue weighted by Gasteiger charge is 2.34. The van der Waals surface area contributed by atoms with Crippen molar-refractivity contribution in [2.75, 3.05) is 44.7 Å². The molecule has 0 aliphatic rings. The molecule has 4 aromatic carbocycles. The zero-order chi connectivity index (χ0) is 65.4. The van der Waals surface area contributed by atoms with Crippen LogP contribution in [0.3, 0.4) is 0 Å². The molecule has 484 valence electrons. The number of anilines is 1. The average molecular weight is 1250 g/mol. The molecule has 5 rings (SSSR count). The van der Waals surface area contributed by atoms with Gasteiger partial charge in [0.05, 0.1) is 36.2 Å². The monoisotopic (exact) mass is 1250 g/mol. The normalized spacial score (nSPS) is 13.2. The lowest BCUT2D eigenvalue weighted by molar-refractivity contribution is -0.172. The second kappa shape index (κ2) is 35.2. The molecule has 5 atom stereocenters. The van der Waals surface area contributed by atoms with Crippen molar-refractivity contribution in [3.05, 3.63) is 141 Å². The summed E-state index contributed by atoms with van der Waals surface area (Å²) in [4.78, 5) is 113. The number of rotatable bonds is 34. The van der Waals surface area contributed by atoms with E-state index in [-0.39, 0.29) is 88.0 Å². The molecule has 0 bridgehead atoms. The lowest BCUT2D eigenvalue weighted by Gasteiger charge is -2.35. The zero-order valence-electron chi connectivity index (χ0n) is 52.4. The van der Waals surface area contributed by atoms with Crippen molar-refractivity contribution >= 4 is 70.0 Å². The van der Waals surface area contributed by atoms with Crippen LogP contribution in [0.15, 0.2) is 102 Å². The Kier molecular flexibility index (Phi) is 28.3. The van der Waals surface area contributed by atoms with Crippen molar-refractivity contribution < 1.29 is 58.0 Å². The second-order valence-corrected chi connectivity index (χ2v) is 24.5. The summed E-state index contributed by atoms with van der Waals surface area (Å²) in [7, 11) is 0. The van der Waals surface area contributed by atoms with Crippen LogP contribution in [-0.4, -0.2) is 130 Å². The Hall–Kier alpha value is -8.12. The Morgan fingerprint density at radius 2 is 1.43 bits per heavy atom. The number of benzene rings is 4. The quantitative estimate of drug-likeness (QED) is 0.0140. The van der Waals surface area contributed by atoms with Gasteiger partial charge in [0.1, 0.15) is 31.1 Å². The van der Waals surface area contributed by atoms with E-state index in [0.29, 0.717) is 57.3 Å². The van der Waals surface area contributed by atoms with E-state index in [0.717, 1.165) is 17.5 Å². The molecule has 1 heterocycles. The third kappa shape index (κ3) is 23.7. The molecule has 89 heavy (non-hydrogen) atoms. The van der Waals surface area contributed by atoms with Crippen LogP contribution in [0.25, 0.3) is 10.9 Å². The number of carbonyl (C=O) groups excluding carboxylic acids is 7. The second-order valence-electron chi connectivity index (χ2n) is 24.0. The number of nitrogens with zero attached hydrogens (tertiary/aromatic N) is 3. The number of hydrogen-bond donors (Lipinski definition) is 9. The predicted molar refractivity (Wildman–Crippen MR) is 340 cm³/mol. The van der Waals surface area contributed by atoms with Gasteiger partial charge in [-0.2, -0.15) is 0 Å². The van der Waals surface area contributed by atoms with Crippen LogP contribution in [0, 0.1) is 30.1 Å². The van der Waals surface area contributed by atoms with Crippen LogP contribution in [0.4, 0.5) is 20.1 Å². The summed E-state index contributed by atoms with van der Waals surface area (Å²) < 4.78 is 17.7. The fourth-order valence-corrected chi connectivity index (χ4v) is 10.6. The number of hydrogen-bond acceptors (Lipinski definition) is 14. The molecule has 2 unspecified atom stereocenters. The number of fused-ring (bicyclic) bond motifs is 1. The maximum Gasteiger partial charge on any atom is 0.407 e. The first-order valence-corrected chi connectivity index (χ1v) is 30.5. The number of aliphatic hydroxyl groups is 2. The summed E-state index contributed by atoms with van der Waals surface area (Å²) in [6.45, 7) is 16.9. The number of urea groups is 1. The van der Waals surface area contributed by atoms with Crippen LogP contribution in [0.5, 0.6) is 0 Å². The molecule has 0 radical (unpaired) electrons. The summed E-state index contributed by atoms with van der Waals surface area (Å²) in [5, 5.41) is 36.7. The van der Waals surface area contributed by atoms with E-state index in [1.807, 2.05) is 77.1 Å². The lowest BCUT2D eigenvalue weighted by Crippen LogP contribution is -2.54. The number of aromatic nitrogens is 2. The largest absolute Gasteiger partial charge is 0.445 e. The number of carbonyl (C=O) groups is 7. The van der Waals surface area contributed by atoms with Crippen molar-refractivity contribution in [3.8, 4) is 0 Å². The van der Waals surface area contributed by atoms with Gasteiger partial charge >= 0.3 is 18.2 Å². The van der Waals surface area contributed by atoms with Gasteiger partial charge < -0.3 is 67.0 Å². The molecule has 8 amide bonds. The third-order valence-corrected chi connectivity index (χ3v) is 14.7. The highest BCUT2D eigenvalue weighted by Crippen LogP contribution is 2.33. The lowest BCUT2D eigenvalue weighted by atomic mass is 9.79. The summed E-state index contributed by atoms with van der Waals surface area (Å²) >= 11 is 6.42. The Bertz CT molecular complexity index is 3200. The van der Waals surface area contributed by atoms with E-state index < -0.39 is 79.0 Å². The molecule has 0 saturated carbocycles. The summed E-state index contributed by atoms with van der Waals surface area (Å²) in [5.74, 6) is -2.02. The van der Waals surface area contributed by atoms with Gasteiger partial charge in [-0.05, 0) is 116 Å². The summed E-state index contributed by atoms with van der Waals surface area (Å²) in [6, 6.07) is 24.5. The molecule has 0 fully saturated rings. The average Bonchev–Trinajstić information content (AvgIpc) is 1.57. The van der Waals surface area contributed by atoms with Gasteiger partial charge in [0.2, 0.25) is 17.7 Å². The Morgan fingerprint density at radius 1 is 0.764 bits per heavy atom. The van der Waals surface area contributed by atoms with Crippen LogP contribution < -0.4 is 43.2 Å². The van der Waals surface area contributed by atoms with Crippen LogP contribution in [-0.2, 0) is 41.7 Å². The number of primary amides is 1. The minimum Gasteiger partial charge on any atom is -0.445 e. The number of ether oxygens (including phenoxy) is 3. The maximum atomic E-state index is 14.7. The van der Waals surface area contributed by atoms with Crippen LogP contribution in [0.1, 0.15) is 133 Å².